The highest BCUT2D eigenvalue weighted by Gasteiger charge is 2.00. The van der Waals surface area contributed by atoms with Gasteiger partial charge in [0.05, 0.1) is 6.54 Å². The Labute approximate surface area is 102 Å². The van der Waals surface area contributed by atoms with Crippen LogP contribution < -0.4 is 5.32 Å². The number of hydrogen-bond donors (Lipinski definition) is 1. The number of nitrogens with one attached hydrogen (secondary N) is 1. The molecule has 1 heterocycles. The Bertz CT molecular complexity index is 449. The summed E-state index contributed by atoms with van der Waals surface area (Å²) in [6.07, 6.45) is 3.75. The van der Waals surface area contributed by atoms with Gasteiger partial charge in [-0.1, -0.05) is 44.2 Å². The van der Waals surface area contributed by atoms with Crippen LogP contribution in [0.3, 0.4) is 0 Å². The maximum Gasteiger partial charge on any atom is 0.141 e. The predicted molar refractivity (Wildman–Crippen MR) is 69.4 cm³/mol. The van der Waals surface area contributed by atoms with E-state index >= 15 is 0 Å². The van der Waals surface area contributed by atoms with Crippen molar-refractivity contribution in [2.75, 3.05) is 0 Å². The molecule has 0 saturated heterocycles. The summed E-state index contributed by atoms with van der Waals surface area (Å²) in [7, 11) is 0. The Morgan fingerprint density at radius 3 is 2.24 bits per heavy atom. The van der Waals surface area contributed by atoms with Gasteiger partial charge in [-0.15, -0.1) is 0 Å². The minimum atomic E-state index is 0.451. The molecule has 3 nitrogen and oxygen atoms in total. The predicted octanol–water partition coefficient (Wildman–Crippen LogP) is 2.64. The molecule has 0 fully saturated rings. The summed E-state index contributed by atoms with van der Waals surface area (Å²) in [6, 6.07) is 10.6. The third-order valence-corrected chi connectivity index (χ3v) is 2.48. The Balaban J connectivity index is 2.08. The molecule has 0 radical (unpaired) electrons. The molecule has 0 bridgehead atoms. The molecule has 0 saturated carbocycles. The van der Waals surface area contributed by atoms with Gasteiger partial charge in [0.1, 0.15) is 5.82 Å². The molecule has 3 heteroatoms. The molecule has 0 spiro atoms. The average molecular weight is 227 g/mol. The largest absolute Gasteiger partial charge is 0.308 e. The summed E-state index contributed by atoms with van der Waals surface area (Å²) in [5.41, 5.74) is 2.20. The summed E-state index contributed by atoms with van der Waals surface area (Å²) < 4.78 is 0. The minimum absolute atomic E-state index is 0.451. The Morgan fingerprint density at radius 1 is 1.00 bits per heavy atom. The van der Waals surface area contributed by atoms with Gasteiger partial charge >= 0.3 is 0 Å². The molecule has 0 aliphatic rings. The Kier molecular flexibility index (Phi) is 3.83. The summed E-state index contributed by atoms with van der Waals surface area (Å²) in [5.74, 6) is 0.832. The SMILES string of the molecule is CC(C)NCc1ncc(-c2ccccc2)cn1. The molecule has 88 valence electrons. The second kappa shape index (κ2) is 5.55. The van der Waals surface area contributed by atoms with Crippen LogP contribution in [-0.2, 0) is 6.54 Å². The van der Waals surface area contributed by atoms with Gasteiger partial charge in [0.15, 0.2) is 0 Å². The highest BCUT2D eigenvalue weighted by molar-refractivity contribution is 5.60. The second-order valence-electron chi connectivity index (χ2n) is 4.29. The van der Waals surface area contributed by atoms with Crippen molar-refractivity contribution in [3.05, 3.63) is 48.5 Å². The number of rotatable bonds is 4. The fourth-order valence-corrected chi connectivity index (χ4v) is 1.52. The smallest absolute Gasteiger partial charge is 0.141 e. The third kappa shape index (κ3) is 3.36. The zero-order valence-corrected chi connectivity index (χ0v) is 10.2. The van der Waals surface area contributed by atoms with Crippen molar-refractivity contribution in [1.29, 1.82) is 0 Å². The van der Waals surface area contributed by atoms with Crippen LogP contribution in [0.25, 0.3) is 11.1 Å². The van der Waals surface area contributed by atoms with Gasteiger partial charge in [-0.05, 0) is 5.56 Å². The van der Waals surface area contributed by atoms with Crippen LogP contribution in [0.5, 0.6) is 0 Å². The van der Waals surface area contributed by atoms with E-state index in [0.29, 0.717) is 12.6 Å². The third-order valence-electron chi connectivity index (χ3n) is 2.48. The van der Waals surface area contributed by atoms with E-state index in [4.69, 9.17) is 0 Å². The van der Waals surface area contributed by atoms with Crippen LogP contribution in [0.2, 0.25) is 0 Å². The van der Waals surface area contributed by atoms with E-state index in [1.807, 2.05) is 30.6 Å². The number of aromatic nitrogens is 2. The molecule has 1 N–H and O–H groups in total. The van der Waals surface area contributed by atoms with Crippen molar-refractivity contribution >= 4 is 0 Å². The molecule has 0 unspecified atom stereocenters. The van der Waals surface area contributed by atoms with Gasteiger partial charge in [-0.2, -0.15) is 0 Å². The molecule has 0 atom stereocenters. The molecule has 0 aliphatic heterocycles. The van der Waals surface area contributed by atoms with E-state index in [1.54, 1.807) is 0 Å². The first kappa shape index (κ1) is 11.7. The lowest BCUT2D eigenvalue weighted by molar-refractivity contribution is 0.572. The van der Waals surface area contributed by atoms with Crippen molar-refractivity contribution in [2.24, 2.45) is 0 Å². The summed E-state index contributed by atoms with van der Waals surface area (Å²) in [4.78, 5) is 8.71. The number of hydrogen-bond acceptors (Lipinski definition) is 3. The van der Waals surface area contributed by atoms with E-state index in [0.717, 1.165) is 17.0 Å². The van der Waals surface area contributed by atoms with Crippen LogP contribution in [-0.4, -0.2) is 16.0 Å². The molecular formula is C14H17N3. The standard InChI is InChI=1S/C14H17N3/c1-11(2)15-10-14-16-8-13(9-17-14)12-6-4-3-5-7-12/h3-9,11,15H,10H2,1-2H3. The van der Waals surface area contributed by atoms with Crippen molar-refractivity contribution in [3.8, 4) is 11.1 Å². The lowest BCUT2D eigenvalue weighted by Crippen LogP contribution is -2.23. The van der Waals surface area contributed by atoms with E-state index < -0.39 is 0 Å². The molecule has 2 rings (SSSR count). The van der Waals surface area contributed by atoms with Gasteiger partial charge in [-0.3, -0.25) is 0 Å². The van der Waals surface area contributed by atoms with Crippen LogP contribution >= 0.6 is 0 Å². The lowest BCUT2D eigenvalue weighted by atomic mass is 10.1. The van der Waals surface area contributed by atoms with Gasteiger partial charge in [0.2, 0.25) is 0 Å². The highest BCUT2D eigenvalue weighted by atomic mass is 15.0. The quantitative estimate of drug-likeness (QED) is 0.872. The monoisotopic (exact) mass is 227 g/mol. The lowest BCUT2D eigenvalue weighted by Gasteiger charge is -2.07. The second-order valence-corrected chi connectivity index (χ2v) is 4.29. The average Bonchev–Trinajstić information content (AvgIpc) is 2.38. The molecule has 2 aromatic rings. The van der Waals surface area contributed by atoms with Crippen molar-refractivity contribution in [3.63, 3.8) is 0 Å². The zero-order valence-electron chi connectivity index (χ0n) is 10.2. The molecule has 0 amide bonds. The van der Waals surface area contributed by atoms with E-state index in [2.05, 4.69) is 41.3 Å². The van der Waals surface area contributed by atoms with Crippen molar-refractivity contribution in [1.82, 2.24) is 15.3 Å². The maximum atomic E-state index is 4.35. The Hall–Kier alpha value is -1.74. The fraction of sp³-hybridized carbons (Fsp3) is 0.286. The first-order valence-electron chi connectivity index (χ1n) is 5.85. The molecule has 1 aromatic carbocycles. The number of benzene rings is 1. The van der Waals surface area contributed by atoms with Gasteiger partial charge in [-0.25, -0.2) is 9.97 Å². The van der Waals surface area contributed by atoms with E-state index in [1.165, 1.54) is 0 Å². The molecular weight excluding hydrogens is 210 g/mol. The van der Waals surface area contributed by atoms with Gasteiger partial charge in [0, 0.05) is 24.0 Å². The van der Waals surface area contributed by atoms with E-state index in [9.17, 15) is 0 Å². The summed E-state index contributed by atoms with van der Waals surface area (Å²) >= 11 is 0. The van der Waals surface area contributed by atoms with Crippen LogP contribution in [0.4, 0.5) is 0 Å². The maximum absolute atomic E-state index is 4.35. The summed E-state index contributed by atoms with van der Waals surface area (Å²) in [6.45, 7) is 4.93. The van der Waals surface area contributed by atoms with Crippen LogP contribution in [0.15, 0.2) is 42.7 Å². The van der Waals surface area contributed by atoms with Crippen molar-refractivity contribution in [2.45, 2.75) is 26.4 Å². The summed E-state index contributed by atoms with van der Waals surface area (Å²) in [5, 5.41) is 3.30. The number of nitrogens with zero attached hydrogens (tertiary/aromatic N) is 2. The van der Waals surface area contributed by atoms with E-state index in [-0.39, 0.29) is 0 Å². The fourth-order valence-electron chi connectivity index (χ4n) is 1.52. The van der Waals surface area contributed by atoms with Crippen molar-refractivity contribution < 1.29 is 0 Å². The van der Waals surface area contributed by atoms with Gasteiger partial charge in [0.25, 0.3) is 0 Å². The molecule has 0 aliphatic carbocycles. The molecule has 17 heavy (non-hydrogen) atoms. The topological polar surface area (TPSA) is 37.8 Å². The van der Waals surface area contributed by atoms with Crippen LogP contribution in [0.1, 0.15) is 19.7 Å². The first-order valence-corrected chi connectivity index (χ1v) is 5.85. The first-order chi connectivity index (χ1) is 8.25. The minimum Gasteiger partial charge on any atom is -0.308 e. The Morgan fingerprint density at radius 2 is 1.65 bits per heavy atom. The van der Waals surface area contributed by atoms with Gasteiger partial charge < -0.3 is 5.32 Å². The normalized spacial score (nSPS) is 10.8. The highest BCUT2D eigenvalue weighted by Crippen LogP contribution is 2.16. The van der Waals surface area contributed by atoms with Crippen LogP contribution in [0, 0.1) is 0 Å². The molecule has 1 aromatic heterocycles. The zero-order chi connectivity index (χ0) is 12.1.